The van der Waals surface area contributed by atoms with E-state index in [1.165, 1.54) is 28.6 Å². The molecule has 34 heavy (non-hydrogen) atoms. The first kappa shape index (κ1) is 24.2. The van der Waals surface area contributed by atoms with Crippen LogP contribution in [0.1, 0.15) is 18.4 Å². The summed E-state index contributed by atoms with van der Waals surface area (Å²) in [5.74, 6) is -0.583. The smallest absolute Gasteiger partial charge is 0.321 e. The van der Waals surface area contributed by atoms with Gasteiger partial charge in [0.15, 0.2) is 0 Å². The first-order chi connectivity index (χ1) is 16.3. The largest absolute Gasteiger partial charge is 0.339 e. The number of hydrogen-bond acceptors (Lipinski definition) is 4. The Kier molecular flexibility index (Phi) is 7.47. The van der Waals surface area contributed by atoms with Gasteiger partial charge in [0.2, 0.25) is 15.9 Å². The fourth-order valence-corrected chi connectivity index (χ4v) is 5.94. The van der Waals surface area contributed by atoms with E-state index in [4.69, 9.17) is 0 Å². The predicted octanol–water partition coefficient (Wildman–Crippen LogP) is 2.74. The monoisotopic (exact) mass is 488 g/mol. The Labute approximate surface area is 199 Å². The van der Waals surface area contributed by atoms with Gasteiger partial charge in [0.05, 0.1) is 5.75 Å². The van der Waals surface area contributed by atoms with Crippen molar-refractivity contribution >= 4 is 27.6 Å². The molecule has 0 saturated carbocycles. The van der Waals surface area contributed by atoms with Crippen molar-refractivity contribution in [3.8, 4) is 0 Å². The average molecular weight is 489 g/mol. The van der Waals surface area contributed by atoms with Crippen LogP contribution in [0.15, 0.2) is 54.6 Å². The lowest BCUT2D eigenvalue weighted by atomic mass is 9.96. The number of carbonyl (C=O) groups is 2. The molecule has 0 spiro atoms. The van der Waals surface area contributed by atoms with E-state index in [0.29, 0.717) is 57.8 Å². The molecule has 182 valence electrons. The van der Waals surface area contributed by atoms with Gasteiger partial charge < -0.3 is 15.1 Å². The highest BCUT2D eigenvalue weighted by Crippen LogP contribution is 2.24. The fraction of sp³-hybridized carbons (Fsp3) is 0.417. The summed E-state index contributed by atoms with van der Waals surface area (Å²) in [5.41, 5.74) is 1.26. The number of benzene rings is 2. The van der Waals surface area contributed by atoms with Gasteiger partial charge in [0.1, 0.15) is 5.82 Å². The average Bonchev–Trinajstić information content (AvgIpc) is 2.85. The van der Waals surface area contributed by atoms with Gasteiger partial charge in [0, 0.05) is 50.9 Å². The summed E-state index contributed by atoms with van der Waals surface area (Å²) in [4.78, 5) is 28.8. The van der Waals surface area contributed by atoms with Gasteiger partial charge in [-0.3, -0.25) is 4.79 Å². The van der Waals surface area contributed by atoms with Crippen molar-refractivity contribution in [2.24, 2.45) is 5.92 Å². The van der Waals surface area contributed by atoms with Crippen LogP contribution in [0.25, 0.3) is 0 Å². The Hall–Kier alpha value is -2.98. The number of halogens is 1. The van der Waals surface area contributed by atoms with E-state index < -0.39 is 10.0 Å². The van der Waals surface area contributed by atoms with Crippen LogP contribution in [0.3, 0.4) is 0 Å². The van der Waals surface area contributed by atoms with Crippen LogP contribution < -0.4 is 5.32 Å². The number of nitrogens with one attached hydrogen (secondary N) is 1. The van der Waals surface area contributed by atoms with E-state index in [0.717, 1.165) is 5.56 Å². The highest BCUT2D eigenvalue weighted by molar-refractivity contribution is 7.88. The molecule has 0 aliphatic carbocycles. The van der Waals surface area contributed by atoms with E-state index in [1.54, 1.807) is 21.9 Å². The standard InChI is InChI=1S/C24H29FN4O4S/c25-21-6-8-22(9-7-21)26-24(31)28-16-14-27(15-17-28)23(30)20-10-12-29(13-11-20)34(32,33)18-19-4-2-1-3-5-19/h1-9,20H,10-18H2,(H,26,31). The van der Waals surface area contributed by atoms with Crippen LogP contribution in [0.5, 0.6) is 0 Å². The Morgan fingerprint density at radius 1 is 0.853 bits per heavy atom. The molecule has 2 fully saturated rings. The summed E-state index contributed by atoms with van der Waals surface area (Å²) < 4.78 is 40.0. The third-order valence-electron chi connectivity index (χ3n) is 6.36. The van der Waals surface area contributed by atoms with Crippen LogP contribution >= 0.6 is 0 Å². The second-order valence-corrected chi connectivity index (χ2v) is 10.6. The molecule has 2 aliphatic heterocycles. The number of nitrogens with zero attached hydrogens (tertiary/aromatic N) is 3. The molecule has 1 N–H and O–H groups in total. The number of urea groups is 1. The summed E-state index contributed by atoms with van der Waals surface area (Å²) in [6, 6.07) is 14.4. The zero-order valence-corrected chi connectivity index (χ0v) is 19.7. The zero-order valence-electron chi connectivity index (χ0n) is 18.9. The molecular formula is C24H29FN4O4S. The Morgan fingerprint density at radius 3 is 2.06 bits per heavy atom. The van der Waals surface area contributed by atoms with Crippen LogP contribution in [0.2, 0.25) is 0 Å². The molecule has 2 heterocycles. The van der Waals surface area contributed by atoms with Gasteiger partial charge in [-0.25, -0.2) is 21.9 Å². The second kappa shape index (κ2) is 10.5. The first-order valence-electron chi connectivity index (χ1n) is 11.4. The number of hydrogen-bond donors (Lipinski definition) is 1. The van der Waals surface area contributed by atoms with Crippen LogP contribution in [-0.4, -0.2) is 73.7 Å². The number of piperidine rings is 1. The molecule has 3 amide bonds. The minimum absolute atomic E-state index is 0.0266. The number of amides is 3. The summed E-state index contributed by atoms with van der Waals surface area (Å²) >= 11 is 0. The molecule has 8 nitrogen and oxygen atoms in total. The molecule has 2 aromatic carbocycles. The van der Waals surface area contributed by atoms with Gasteiger partial charge in [0.25, 0.3) is 0 Å². The fourth-order valence-electron chi connectivity index (χ4n) is 4.38. The molecule has 2 aromatic rings. The predicted molar refractivity (Wildman–Crippen MR) is 127 cm³/mol. The minimum atomic E-state index is -3.42. The molecule has 0 unspecified atom stereocenters. The van der Waals surface area contributed by atoms with Crippen molar-refractivity contribution in [1.29, 1.82) is 0 Å². The third-order valence-corrected chi connectivity index (χ3v) is 8.21. The van der Waals surface area contributed by atoms with Crippen molar-refractivity contribution in [1.82, 2.24) is 14.1 Å². The molecule has 0 radical (unpaired) electrons. The maximum Gasteiger partial charge on any atom is 0.321 e. The van der Waals surface area contributed by atoms with Crippen molar-refractivity contribution in [3.63, 3.8) is 0 Å². The molecule has 10 heteroatoms. The SMILES string of the molecule is O=C(Nc1ccc(F)cc1)N1CCN(C(=O)C2CCN(S(=O)(=O)Cc3ccccc3)CC2)CC1. The van der Waals surface area contributed by atoms with Gasteiger partial charge >= 0.3 is 6.03 Å². The number of rotatable bonds is 5. The van der Waals surface area contributed by atoms with E-state index in [2.05, 4.69) is 5.32 Å². The number of carbonyl (C=O) groups excluding carboxylic acids is 2. The Balaban J connectivity index is 1.23. The molecule has 4 rings (SSSR count). The third kappa shape index (κ3) is 5.92. The number of piperazine rings is 1. The quantitative estimate of drug-likeness (QED) is 0.701. The van der Waals surface area contributed by atoms with E-state index in [9.17, 15) is 22.4 Å². The van der Waals surface area contributed by atoms with Gasteiger partial charge in [-0.1, -0.05) is 30.3 Å². The van der Waals surface area contributed by atoms with Crippen molar-refractivity contribution in [2.75, 3.05) is 44.6 Å². The number of anilines is 1. The molecule has 2 aliphatic rings. The highest BCUT2D eigenvalue weighted by Gasteiger charge is 2.34. The van der Waals surface area contributed by atoms with Crippen LogP contribution in [0.4, 0.5) is 14.9 Å². The Bertz CT molecular complexity index is 1100. The lowest BCUT2D eigenvalue weighted by Crippen LogP contribution is -2.54. The van der Waals surface area contributed by atoms with Crippen molar-refractivity contribution in [2.45, 2.75) is 18.6 Å². The number of sulfonamides is 1. The second-order valence-electron chi connectivity index (χ2n) is 8.66. The topological polar surface area (TPSA) is 90.0 Å². The van der Waals surface area contributed by atoms with E-state index in [1.807, 2.05) is 18.2 Å². The van der Waals surface area contributed by atoms with Gasteiger partial charge in [-0.05, 0) is 42.7 Å². The maximum absolute atomic E-state index is 13.0. The Morgan fingerprint density at radius 2 is 1.44 bits per heavy atom. The van der Waals surface area contributed by atoms with Gasteiger partial charge in [-0.2, -0.15) is 0 Å². The minimum Gasteiger partial charge on any atom is -0.339 e. The lowest BCUT2D eigenvalue weighted by molar-refractivity contribution is -0.138. The molecule has 0 bridgehead atoms. The van der Waals surface area contributed by atoms with Crippen LogP contribution in [0, 0.1) is 11.7 Å². The van der Waals surface area contributed by atoms with Crippen molar-refractivity contribution < 1.29 is 22.4 Å². The van der Waals surface area contributed by atoms with Crippen molar-refractivity contribution in [3.05, 3.63) is 66.0 Å². The van der Waals surface area contributed by atoms with Gasteiger partial charge in [-0.15, -0.1) is 0 Å². The first-order valence-corrected chi connectivity index (χ1v) is 13.0. The summed E-state index contributed by atoms with van der Waals surface area (Å²) in [5, 5.41) is 2.74. The molecular weight excluding hydrogens is 459 g/mol. The normalized spacial score (nSPS) is 18.0. The van der Waals surface area contributed by atoms with E-state index in [-0.39, 0.29) is 29.4 Å². The molecule has 0 aromatic heterocycles. The summed E-state index contributed by atoms with van der Waals surface area (Å²) in [7, 11) is -3.42. The maximum atomic E-state index is 13.0. The summed E-state index contributed by atoms with van der Waals surface area (Å²) in [6.07, 6.45) is 0.996. The highest BCUT2D eigenvalue weighted by atomic mass is 32.2. The summed E-state index contributed by atoms with van der Waals surface area (Å²) in [6.45, 7) is 2.35. The van der Waals surface area contributed by atoms with Crippen LogP contribution in [-0.2, 0) is 20.6 Å². The zero-order chi connectivity index (χ0) is 24.1. The lowest BCUT2D eigenvalue weighted by Gasteiger charge is -2.38. The molecule has 0 atom stereocenters. The van der Waals surface area contributed by atoms with E-state index >= 15 is 0 Å². The molecule has 2 saturated heterocycles.